The lowest BCUT2D eigenvalue weighted by molar-refractivity contribution is -0.122. The van der Waals surface area contributed by atoms with Crippen LogP contribution >= 0.6 is 0 Å². The number of fused-ring (bicyclic) bond motifs is 2. The zero-order valence-corrected chi connectivity index (χ0v) is 57.6. The van der Waals surface area contributed by atoms with Gasteiger partial charge in [-0.2, -0.15) is 0 Å². The monoisotopic (exact) mass is 1350 g/mol. The summed E-state index contributed by atoms with van der Waals surface area (Å²) in [6.45, 7) is 22.4. The van der Waals surface area contributed by atoms with Gasteiger partial charge in [0.1, 0.15) is 59.1 Å². The minimum atomic E-state index is -0.751. The van der Waals surface area contributed by atoms with Crippen LogP contribution in [0.4, 0.5) is 0 Å². The Balaban J connectivity index is 0.963. The van der Waals surface area contributed by atoms with E-state index in [0.29, 0.717) is 121 Å². The fraction of sp³-hybridized carbons (Fsp3) is 0.375. The minimum absolute atomic E-state index is 0.0532. The molecular formula is C80H82N6O14. The zero-order chi connectivity index (χ0) is 69.4. The largest absolute Gasteiger partial charge is 0.457 e. The topological polar surface area (TPSA) is 226 Å². The molecule has 20 heteroatoms. The van der Waals surface area contributed by atoms with E-state index in [0.717, 1.165) is 32.1 Å². The Kier molecular flexibility index (Phi) is 18.0. The third kappa shape index (κ3) is 13.7. The van der Waals surface area contributed by atoms with Gasteiger partial charge in [0.05, 0.1) is 73.1 Å². The third-order valence-corrected chi connectivity index (χ3v) is 19.7. The Hall–Kier alpha value is -9.54. The van der Waals surface area contributed by atoms with Crippen molar-refractivity contribution in [3.05, 3.63) is 166 Å². The Labute approximate surface area is 579 Å². The molecular weight excluding hydrogens is 1270 g/mol. The molecule has 6 aliphatic heterocycles. The molecule has 9 aromatic rings. The second kappa shape index (κ2) is 27.2. The van der Waals surface area contributed by atoms with Crippen molar-refractivity contribution >= 4 is 78.5 Å². The van der Waals surface area contributed by atoms with E-state index in [1.165, 1.54) is 0 Å². The highest BCUT2D eigenvalue weighted by molar-refractivity contribution is 6.45. The van der Waals surface area contributed by atoms with Gasteiger partial charge < -0.3 is 48.5 Å². The first-order chi connectivity index (χ1) is 48.3. The minimum Gasteiger partial charge on any atom is -0.457 e. The Bertz CT molecular complexity index is 4130. The Morgan fingerprint density at radius 3 is 0.820 bits per heavy atom. The molecule has 0 bridgehead atoms. The molecule has 0 aliphatic carbocycles. The Morgan fingerprint density at radius 2 is 0.610 bits per heavy atom. The number of ether oxygens (including phenoxy) is 8. The van der Waals surface area contributed by atoms with Gasteiger partial charge in [-0.1, -0.05) is 104 Å². The van der Waals surface area contributed by atoms with E-state index in [2.05, 4.69) is 75.8 Å². The summed E-state index contributed by atoms with van der Waals surface area (Å²) >= 11 is 0. The number of hydrogen-bond donors (Lipinski definition) is 2. The van der Waals surface area contributed by atoms with Gasteiger partial charge in [0.25, 0.3) is 23.6 Å². The van der Waals surface area contributed by atoms with Crippen molar-refractivity contribution in [2.45, 2.75) is 103 Å². The van der Waals surface area contributed by atoms with Crippen LogP contribution in [0.2, 0.25) is 0 Å². The van der Waals surface area contributed by atoms with E-state index in [-0.39, 0.29) is 117 Å². The van der Waals surface area contributed by atoms with Crippen LogP contribution in [0, 0.1) is 0 Å². The lowest BCUT2D eigenvalue weighted by Crippen LogP contribution is -2.47. The van der Waals surface area contributed by atoms with Gasteiger partial charge in [0, 0.05) is 95.4 Å². The number of amides is 6. The maximum Gasteiger partial charge on any atom is 0.262 e. The smallest absolute Gasteiger partial charge is 0.262 e. The van der Waals surface area contributed by atoms with Crippen LogP contribution in [-0.4, -0.2) is 171 Å². The number of rotatable bonds is 30. The fourth-order valence-electron chi connectivity index (χ4n) is 13.9. The van der Waals surface area contributed by atoms with Gasteiger partial charge in [-0.15, -0.1) is 0 Å². The van der Waals surface area contributed by atoms with Crippen LogP contribution in [0.3, 0.4) is 0 Å². The van der Waals surface area contributed by atoms with Gasteiger partial charge >= 0.3 is 0 Å². The molecule has 15 rings (SSSR count). The maximum atomic E-state index is 15.8. The summed E-state index contributed by atoms with van der Waals surface area (Å²) in [5.74, 6) is -1.27. The molecule has 0 radical (unpaired) electrons. The first-order valence-electron chi connectivity index (χ1n) is 34.9. The van der Waals surface area contributed by atoms with Gasteiger partial charge in [0.2, 0.25) is 11.8 Å². The van der Waals surface area contributed by atoms with Crippen LogP contribution in [0.15, 0.2) is 121 Å². The summed E-state index contributed by atoms with van der Waals surface area (Å²) in [6.07, 6.45) is 0.470. The summed E-state index contributed by atoms with van der Waals surface area (Å²) in [5, 5.41) is 8.42. The van der Waals surface area contributed by atoms with E-state index in [4.69, 9.17) is 37.9 Å². The standard InChI is InChI=1S/C80H82N6O14/c1-43(2)47-9-17-51(18-10-47)97-63-29-59-69-60(78(90)85(77(59)89)37-67(87)81-25-27-83(33-55-39-93-55)34-56-40-94-56)31-65(99-53-21-13-49(14-22-53)45(5)6)73-74-66(100-54-23-15-50(16-24-54)46(7)8)32-62-70-61(30-64(72(76(70)74)71(63)75(69)73)98-52-19-11-48(12-20-52)44(3)4)79(91)86(80(62)92)38-68(88)82-26-28-84(35-57-41-95-57)36-58-42-96-58/h9-24,29-32,43-46,55-58H,25-28,33-42H2,1-8H3,(H,81,87)(H,82,88). The maximum absolute atomic E-state index is 15.8. The number of carbonyl (C=O) groups excluding carboxylic acids is 6. The van der Waals surface area contributed by atoms with Gasteiger partial charge in [-0.25, -0.2) is 0 Å². The first-order valence-corrected chi connectivity index (χ1v) is 34.9. The molecule has 6 amide bonds. The molecule has 0 saturated carbocycles. The van der Waals surface area contributed by atoms with Crippen molar-refractivity contribution in [3.63, 3.8) is 0 Å². The number of epoxide rings is 4. The number of carbonyl (C=O) groups is 6. The molecule has 20 nitrogen and oxygen atoms in total. The summed E-state index contributed by atoms with van der Waals surface area (Å²) in [6, 6.07) is 37.0. The number of nitrogens with one attached hydrogen (secondary N) is 2. The van der Waals surface area contributed by atoms with Crippen LogP contribution in [0.25, 0.3) is 43.1 Å². The van der Waals surface area contributed by atoms with E-state index in [9.17, 15) is 9.59 Å². The quantitative estimate of drug-likeness (QED) is 0.0185. The van der Waals surface area contributed by atoms with Crippen molar-refractivity contribution in [2.75, 3.05) is 91.9 Å². The molecule has 100 heavy (non-hydrogen) atoms. The average molecular weight is 1350 g/mol. The average Bonchev–Trinajstić information content (AvgIpc) is 0.757. The first kappa shape index (κ1) is 66.3. The van der Waals surface area contributed by atoms with Crippen molar-refractivity contribution in [1.82, 2.24) is 30.2 Å². The number of imide groups is 2. The molecule has 4 fully saturated rings. The van der Waals surface area contributed by atoms with Crippen LogP contribution < -0.4 is 29.6 Å². The van der Waals surface area contributed by atoms with Crippen LogP contribution in [0.5, 0.6) is 46.0 Å². The van der Waals surface area contributed by atoms with Gasteiger partial charge in [-0.3, -0.25) is 48.4 Å². The molecule has 0 spiro atoms. The van der Waals surface area contributed by atoms with Gasteiger partial charge in [-0.05, 0) is 119 Å². The fourth-order valence-corrected chi connectivity index (χ4v) is 13.9. The lowest BCUT2D eigenvalue weighted by Gasteiger charge is -2.32. The zero-order valence-electron chi connectivity index (χ0n) is 57.6. The van der Waals surface area contributed by atoms with Crippen LogP contribution in [0.1, 0.15) is 143 Å². The van der Waals surface area contributed by atoms with Crippen molar-refractivity contribution in [1.29, 1.82) is 0 Å². The van der Waals surface area contributed by atoms with Gasteiger partial charge in [0.15, 0.2) is 0 Å². The van der Waals surface area contributed by atoms with Crippen molar-refractivity contribution < 1.29 is 66.7 Å². The second-order valence-electron chi connectivity index (χ2n) is 28.4. The predicted octanol–water partition coefficient (Wildman–Crippen LogP) is 13.0. The van der Waals surface area contributed by atoms with E-state index in [1.54, 1.807) is 24.3 Å². The number of hydrogen-bond acceptors (Lipinski definition) is 16. The lowest BCUT2D eigenvalue weighted by atomic mass is 9.80. The summed E-state index contributed by atoms with van der Waals surface area (Å²) in [5.41, 5.74) is 4.40. The molecule has 6 aliphatic rings. The van der Waals surface area contributed by atoms with Crippen LogP contribution in [-0.2, 0) is 28.5 Å². The third-order valence-electron chi connectivity index (χ3n) is 19.7. The van der Waals surface area contributed by atoms with Crippen molar-refractivity contribution in [3.8, 4) is 46.0 Å². The van der Waals surface area contributed by atoms with E-state index in [1.807, 2.05) is 97.1 Å². The highest BCUT2D eigenvalue weighted by atomic mass is 16.6. The summed E-state index contributed by atoms with van der Waals surface area (Å²) < 4.78 is 51.0. The molecule has 516 valence electrons. The molecule has 4 unspecified atom stereocenters. The number of nitrogens with zero attached hydrogens (tertiary/aromatic N) is 4. The molecule has 9 aromatic carbocycles. The second-order valence-corrected chi connectivity index (χ2v) is 28.4. The molecule has 2 N–H and O–H groups in total. The van der Waals surface area contributed by atoms with E-state index >= 15 is 19.2 Å². The Morgan fingerprint density at radius 1 is 0.380 bits per heavy atom. The summed E-state index contributed by atoms with van der Waals surface area (Å²) in [7, 11) is 0. The predicted molar refractivity (Wildman–Crippen MR) is 379 cm³/mol. The van der Waals surface area contributed by atoms with Crippen molar-refractivity contribution in [2.24, 2.45) is 0 Å². The summed E-state index contributed by atoms with van der Waals surface area (Å²) in [4.78, 5) is 98.2. The molecule has 6 heterocycles. The molecule has 4 atom stereocenters. The highest BCUT2D eigenvalue weighted by Crippen LogP contribution is 2.58. The van der Waals surface area contributed by atoms with E-state index < -0.39 is 48.5 Å². The SMILES string of the molecule is CC(C)c1ccc(Oc2cc3c4c(cc(Oc5ccc(C(C)C)cc5)c5c6c(Oc7ccc(C(C)C)cc7)cc7c8c(cc(Oc9ccc(C(C)C)cc9)c(c2c45)c86)C(=O)N(CC(=O)NCCN(CC2CO2)CC2CO2)C7=O)C(=O)N(CC(=O)NCCN(CC2CO2)CC2CO2)C3=O)cc1. The molecule has 4 saturated heterocycles. The number of benzene rings is 9. The highest BCUT2D eigenvalue weighted by Gasteiger charge is 2.43. The normalized spacial score (nSPS) is 18.3. The molecule has 0 aromatic heterocycles.